The maximum atomic E-state index is 12.4. The molecule has 2 amide bonds. The number of anilines is 3. The highest BCUT2D eigenvalue weighted by Gasteiger charge is 2.22. The number of nitrogens with two attached hydrogens (primary N) is 1. The van der Waals surface area contributed by atoms with Crippen LogP contribution in [0, 0.1) is 6.92 Å². The second kappa shape index (κ2) is 5.76. The van der Waals surface area contributed by atoms with Crippen molar-refractivity contribution in [2.75, 3.05) is 16.4 Å². The summed E-state index contributed by atoms with van der Waals surface area (Å²) in [6.07, 6.45) is 3.52. The van der Waals surface area contributed by atoms with E-state index in [9.17, 15) is 9.59 Å². The fraction of sp³-hybridized carbons (Fsp3) is 0.0667. The zero-order valence-corrected chi connectivity index (χ0v) is 12.2. The Kier molecular flexibility index (Phi) is 3.63. The first-order valence-electron chi connectivity index (χ1n) is 6.71. The molecule has 0 saturated carbocycles. The summed E-state index contributed by atoms with van der Waals surface area (Å²) in [4.78, 5) is 31.3. The summed E-state index contributed by atoms with van der Waals surface area (Å²) >= 11 is 0. The molecule has 0 fully saturated rings. The Balaban J connectivity index is 2.02. The van der Waals surface area contributed by atoms with Crippen LogP contribution in [0.15, 0.2) is 35.0 Å². The summed E-state index contributed by atoms with van der Waals surface area (Å²) in [6, 6.07) is 5.04. The van der Waals surface area contributed by atoms with Crippen LogP contribution < -0.4 is 16.4 Å². The number of fused-ring (bicyclic) bond motifs is 1. The van der Waals surface area contributed by atoms with Crippen molar-refractivity contribution in [3.05, 3.63) is 41.9 Å². The van der Waals surface area contributed by atoms with Gasteiger partial charge in [-0.15, -0.1) is 0 Å². The first-order valence-corrected chi connectivity index (χ1v) is 6.71. The number of pyridine rings is 2. The molecule has 23 heavy (non-hydrogen) atoms. The van der Waals surface area contributed by atoms with Gasteiger partial charge in [0.15, 0.2) is 0 Å². The van der Waals surface area contributed by atoms with Gasteiger partial charge >= 0.3 is 0 Å². The van der Waals surface area contributed by atoms with Crippen LogP contribution in [-0.4, -0.2) is 22.3 Å². The molecule has 0 aliphatic rings. The average molecular weight is 311 g/mol. The van der Waals surface area contributed by atoms with Gasteiger partial charge in [-0.1, -0.05) is 6.07 Å². The Labute approximate surface area is 130 Å². The van der Waals surface area contributed by atoms with Crippen LogP contribution in [-0.2, 0) is 4.79 Å². The van der Waals surface area contributed by atoms with Crippen molar-refractivity contribution in [2.24, 2.45) is 0 Å². The molecule has 0 bridgehead atoms. The van der Waals surface area contributed by atoms with E-state index in [0.717, 1.165) is 5.56 Å². The highest BCUT2D eigenvalue weighted by molar-refractivity contribution is 6.14. The van der Waals surface area contributed by atoms with Gasteiger partial charge in [-0.05, 0) is 24.6 Å². The van der Waals surface area contributed by atoms with E-state index in [1.165, 1.54) is 6.20 Å². The largest absolute Gasteiger partial charge is 0.448 e. The Bertz CT molecular complexity index is 886. The van der Waals surface area contributed by atoms with Crippen LogP contribution in [0.1, 0.15) is 16.1 Å². The molecule has 8 heteroatoms. The fourth-order valence-electron chi connectivity index (χ4n) is 2.14. The third kappa shape index (κ3) is 2.69. The molecule has 3 aromatic rings. The Morgan fingerprint density at radius 1 is 1.30 bits per heavy atom. The topological polar surface area (TPSA) is 123 Å². The number of amides is 2. The predicted molar refractivity (Wildman–Crippen MR) is 85.0 cm³/mol. The fourth-order valence-corrected chi connectivity index (χ4v) is 2.14. The van der Waals surface area contributed by atoms with Gasteiger partial charge in [0.25, 0.3) is 5.91 Å². The molecule has 4 N–H and O–H groups in total. The Morgan fingerprint density at radius 2 is 2.13 bits per heavy atom. The number of nitrogen functional groups attached to an aromatic ring is 1. The van der Waals surface area contributed by atoms with Gasteiger partial charge in [0.1, 0.15) is 22.9 Å². The molecule has 0 aliphatic heterocycles. The molecule has 0 unspecified atom stereocenters. The van der Waals surface area contributed by atoms with Crippen molar-refractivity contribution >= 4 is 40.6 Å². The molecule has 0 radical (unpaired) electrons. The number of hydrogen-bond acceptors (Lipinski definition) is 6. The van der Waals surface area contributed by atoms with E-state index in [0.29, 0.717) is 23.2 Å². The van der Waals surface area contributed by atoms with E-state index in [1.54, 1.807) is 18.3 Å². The highest BCUT2D eigenvalue weighted by atomic mass is 16.3. The molecule has 3 aromatic heterocycles. The summed E-state index contributed by atoms with van der Waals surface area (Å²) in [5.74, 6) is -0.109. The van der Waals surface area contributed by atoms with Crippen LogP contribution in [0.5, 0.6) is 0 Å². The van der Waals surface area contributed by atoms with Crippen molar-refractivity contribution in [3.8, 4) is 0 Å². The molecular formula is C15H13N5O3. The second-order valence-corrected chi connectivity index (χ2v) is 4.81. The van der Waals surface area contributed by atoms with Crippen LogP contribution in [0.25, 0.3) is 11.0 Å². The lowest BCUT2D eigenvalue weighted by atomic mass is 10.2. The molecular weight excluding hydrogens is 298 g/mol. The minimum atomic E-state index is -0.554. The lowest BCUT2D eigenvalue weighted by Crippen LogP contribution is -2.14. The SMILES string of the molecule is Cc1ccc(NC(=O)c2oc3ccnc(N)c3c2NC=O)nc1. The molecule has 0 spiro atoms. The van der Waals surface area contributed by atoms with Crippen LogP contribution in [0.4, 0.5) is 17.3 Å². The zero-order valence-electron chi connectivity index (χ0n) is 12.2. The molecule has 8 nitrogen and oxygen atoms in total. The van der Waals surface area contributed by atoms with Crippen LogP contribution in [0.3, 0.4) is 0 Å². The van der Waals surface area contributed by atoms with Crippen LogP contribution >= 0.6 is 0 Å². The monoisotopic (exact) mass is 311 g/mol. The van der Waals surface area contributed by atoms with E-state index in [4.69, 9.17) is 10.2 Å². The molecule has 0 aromatic carbocycles. The Hall–Kier alpha value is -3.42. The van der Waals surface area contributed by atoms with Crippen LogP contribution in [0.2, 0.25) is 0 Å². The standard InChI is InChI=1S/C15H13N5O3/c1-8-2-3-10(18-6-8)20-15(22)13-12(19-7-21)11-9(23-13)4-5-17-14(11)16/h2-7H,1H3,(H2,16,17)(H,19,21)(H,18,20,22). The minimum Gasteiger partial charge on any atom is -0.448 e. The predicted octanol–water partition coefficient (Wildman–Crippen LogP) is 1.93. The second-order valence-electron chi connectivity index (χ2n) is 4.81. The first-order chi connectivity index (χ1) is 11.1. The lowest BCUT2D eigenvalue weighted by molar-refractivity contribution is -0.105. The molecule has 0 atom stereocenters. The molecule has 3 heterocycles. The van der Waals surface area contributed by atoms with Crippen molar-refractivity contribution in [2.45, 2.75) is 6.92 Å². The van der Waals surface area contributed by atoms with Crippen molar-refractivity contribution in [1.29, 1.82) is 0 Å². The molecule has 0 saturated heterocycles. The number of aromatic nitrogens is 2. The quantitative estimate of drug-likeness (QED) is 0.633. The number of rotatable bonds is 4. The third-order valence-electron chi connectivity index (χ3n) is 3.19. The Morgan fingerprint density at radius 3 is 2.83 bits per heavy atom. The summed E-state index contributed by atoms with van der Waals surface area (Å²) < 4.78 is 5.51. The number of furan rings is 1. The lowest BCUT2D eigenvalue weighted by Gasteiger charge is -2.04. The summed E-state index contributed by atoms with van der Waals surface area (Å²) in [5.41, 5.74) is 7.29. The molecule has 116 valence electrons. The number of nitrogens with one attached hydrogen (secondary N) is 2. The van der Waals surface area contributed by atoms with E-state index in [-0.39, 0.29) is 17.3 Å². The number of aryl methyl sites for hydroxylation is 1. The highest BCUT2D eigenvalue weighted by Crippen LogP contribution is 2.33. The third-order valence-corrected chi connectivity index (χ3v) is 3.19. The van der Waals surface area contributed by atoms with Gasteiger partial charge in [0, 0.05) is 12.4 Å². The van der Waals surface area contributed by atoms with Crippen molar-refractivity contribution in [1.82, 2.24) is 9.97 Å². The number of nitrogens with zero attached hydrogens (tertiary/aromatic N) is 2. The summed E-state index contributed by atoms with van der Waals surface area (Å²) in [7, 11) is 0. The minimum absolute atomic E-state index is 0.0748. The van der Waals surface area contributed by atoms with Gasteiger partial charge in [-0.25, -0.2) is 9.97 Å². The molecule has 0 aliphatic carbocycles. The van der Waals surface area contributed by atoms with E-state index < -0.39 is 5.91 Å². The van der Waals surface area contributed by atoms with E-state index in [2.05, 4.69) is 20.6 Å². The number of carbonyl (C=O) groups excluding carboxylic acids is 2. The van der Waals surface area contributed by atoms with Crippen molar-refractivity contribution in [3.63, 3.8) is 0 Å². The van der Waals surface area contributed by atoms with E-state index >= 15 is 0 Å². The van der Waals surface area contributed by atoms with Gasteiger partial charge < -0.3 is 20.8 Å². The zero-order chi connectivity index (χ0) is 16.4. The summed E-state index contributed by atoms with van der Waals surface area (Å²) in [6.45, 7) is 1.89. The number of hydrogen-bond donors (Lipinski definition) is 3. The smallest absolute Gasteiger partial charge is 0.294 e. The number of carbonyl (C=O) groups is 2. The maximum Gasteiger partial charge on any atom is 0.294 e. The summed E-state index contributed by atoms with van der Waals surface area (Å²) in [5, 5.41) is 5.42. The molecule has 3 rings (SSSR count). The van der Waals surface area contributed by atoms with Gasteiger partial charge in [0.2, 0.25) is 12.2 Å². The van der Waals surface area contributed by atoms with Gasteiger partial charge in [-0.3, -0.25) is 9.59 Å². The average Bonchev–Trinajstić information content (AvgIpc) is 2.90. The van der Waals surface area contributed by atoms with Gasteiger partial charge in [0.05, 0.1) is 5.39 Å². The van der Waals surface area contributed by atoms with Gasteiger partial charge in [-0.2, -0.15) is 0 Å². The van der Waals surface area contributed by atoms with Crippen molar-refractivity contribution < 1.29 is 14.0 Å². The maximum absolute atomic E-state index is 12.4. The first kappa shape index (κ1) is 14.5. The normalized spacial score (nSPS) is 10.5. The van der Waals surface area contributed by atoms with E-state index in [1.807, 2.05) is 13.0 Å².